The zero-order chi connectivity index (χ0) is 19.4. The minimum atomic E-state index is -0.429. The summed E-state index contributed by atoms with van der Waals surface area (Å²) >= 11 is 0. The van der Waals surface area contributed by atoms with Gasteiger partial charge in [-0.15, -0.1) is 0 Å². The van der Waals surface area contributed by atoms with Gasteiger partial charge in [-0.2, -0.15) is 0 Å². The molecule has 6 nitrogen and oxygen atoms in total. The molecule has 0 unspecified atom stereocenters. The zero-order valence-electron chi connectivity index (χ0n) is 15.5. The summed E-state index contributed by atoms with van der Waals surface area (Å²) in [6.45, 7) is 5.87. The Kier molecular flexibility index (Phi) is 5.97. The van der Waals surface area contributed by atoms with E-state index in [0.717, 1.165) is 21.9 Å². The summed E-state index contributed by atoms with van der Waals surface area (Å²) < 4.78 is 0. The van der Waals surface area contributed by atoms with Gasteiger partial charge in [-0.3, -0.25) is 14.4 Å². The van der Waals surface area contributed by atoms with E-state index in [1.807, 2.05) is 19.1 Å². The molecule has 2 amide bonds. The molecular weight excluding hydrogens is 332 g/mol. The molecule has 1 heterocycles. The summed E-state index contributed by atoms with van der Waals surface area (Å²) in [5.74, 6) is 0.00178. The van der Waals surface area contributed by atoms with Crippen LogP contribution < -0.4 is 0 Å². The molecule has 2 atom stereocenters. The van der Waals surface area contributed by atoms with Gasteiger partial charge < -0.3 is 14.9 Å². The lowest BCUT2D eigenvalue weighted by atomic mass is 9.97. The average molecular weight is 356 g/mol. The highest BCUT2D eigenvalue weighted by atomic mass is 16.3. The highest BCUT2D eigenvalue weighted by Crippen LogP contribution is 2.26. The van der Waals surface area contributed by atoms with Gasteiger partial charge in [0.25, 0.3) is 6.47 Å². The van der Waals surface area contributed by atoms with Gasteiger partial charge in [0.05, 0.1) is 0 Å². The molecule has 0 bridgehead atoms. The van der Waals surface area contributed by atoms with E-state index in [0.29, 0.717) is 6.54 Å². The van der Waals surface area contributed by atoms with Crippen molar-refractivity contribution in [3.05, 3.63) is 47.5 Å². The van der Waals surface area contributed by atoms with E-state index < -0.39 is 12.1 Å². The van der Waals surface area contributed by atoms with E-state index in [2.05, 4.69) is 31.2 Å². The number of nitrogens with zero attached hydrogens (tertiary/aromatic N) is 2. The summed E-state index contributed by atoms with van der Waals surface area (Å²) in [5, 5.41) is 9.19. The maximum absolute atomic E-state index is 12.7. The fraction of sp³-hybridized carbons (Fsp3) is 0.350. The first-order chi connectivity index (χ1) is 12.3. The van der Waals surface area contributed by atoms with Crippen molar-refractivity contribution in [2.24, 2.45) is 0 Å². The molecule has 0 aromatic heterocycles. The van der Waals surface area contributed by atoms with Crippen LogP contribution in [0.1, 0.15) is 25.0 Å². The van der Waals surface area contributed by atoms with Crippen LogP contribution >= 0.6 is 0 Å². The highest BCUT2D eigenvalue weighted by Gasteiger charge is 2.39. The normalized spacial score (nSPS) is 20.0. The molecule has 0 radical (unpaired) electrons. The number of carbonyl (C=O) groups is 3. The Morgan fingerprint density at radius 3 is 2.31 bits per heavy atom. The molecule has 0 aliphatic carbocycles. The van der Waals surface area contributed by atoms with Crippen LogP contribution in [0.4, 0.5) is 0 Å². The number of aryl methyl sites for hydroxylation is 1. The van der Waals surface area contributed by atoms with Crippen molar-refractivity contribution in [3.63, 3.8) is 0 Å². The molecule has 0 saturated carbocycles. The maximum Gasteiger partial charge on any atom is 0.290 e. The number of hydrogen-bond acceptors (Lipinski definition) is 3. The third kappa shape index (κ3) is 3.54. The molecule has 1 saturated heterocycles. The number of likely N-dealkylation sites (N-methyl/N-ethyl adjacent to an activating group) is 1. The quantitative estimate of drug-likeness (QED) is 0.839. The molecule has 3 rings (SSSR count). The lowest BCUT2D eigenvalue weighted by Gasteiger charge is -2.41. The molecule has 1 aliphatic heterocycles. The Labute approximate surface area is 153 Å². The number of piperazine rings is 1. The van der Waals surface area contributed by atoms with Gasteiger partial charge in [0.2, 0.25) is 11.8 Å². The summed E-state index contributed by atoms with van der Waals surface area (Å²) in [6, 6.07) is 11.5. The molecular formula is C20H24N2O4. The Morgan fingerprint density at radius 2 is 1.65 bits per heavy atom. The molecule has 1 fully saturated rings. The Bertz CT molecular complexity index is 834. The predicted molar refractivity (Wildman–Crippen MR) is 99.6 cm³/mol. The van der Waals surface area contributed by atoms with Crippen LogP contribution in [0.2, 0.25) is 0 Å². The van der Waals surface area contributed by atoms with E-state index in [4.69, 9.17) is 9.90 Å². The summed E-state index contributed by atoms with van der Waals surface area (Å²) in [7, 11) is 1.70. The maximum atomic E-state index is 12.7. The van der Waals surface area contributed by atoms with Crippen molar-refractivity contribution in [1.29, 1.82) is 0 Å². The molecule has 2 aromatic carbocycles. The van der Waals surface area contributed by atoms with E-state index in [9.17, 15) is 9.59 Å². The fourth-order valence-electron chi connectivity index (χ4n) is 3.26. The first-order valence-corrected chi connectivity index (χ1v) is 8.45. The lowest BCUT2D eigenvalue weighted by Crippen LogP contribution is -2.61. The molecule has 26 heavy (non-hydrogen) atoms. The van der Waals surface area contributed by atoms with Crippen LogP contribution in [0.3, 0.4) is 0 Å². The van der Waals surface area contributed by atoms with Crippen LogP contribution in [0.25, 0.3) is 10.8 Å². The third-order valence-electron chi connectivity index (χ3n) is 5.00. The van der Waals surface area contributed by atoms with Crippen LogP contribution in [-0.2, 0) is 20.9 Å². The molecule has 138 valence electrons. The average Bonchev–Trinajstić information content (AvgIpc) is 2.64. The predicted octanol–water partition coefficient (Wildman–Crippen LogP) is 2.43. The monoisotopic (exact) mass is 356 g/mol. The minimum absolute atomic E-state index is 0.00464. The number of fused-ring (bicyclic) bond motifs is 1. The van der Waals surface area contributed by atoms with Gasteiger partial charge in [0, 0.05) is 13.6 Å². The largest absolute Gasteiger partial charge is 0.483 e. The van der Waals surface area contributed by atoms with Gasteiger partial charge in [0.1, 0.15) is 12.1 Å². The van der Waals surface area contributed by atoms with E-state index in [1.54, 1.807) is 23.8 Å². The summed E-state index contributed by atoms with van der Waals surface area (Å²) in [5.41, 5.74) is 2.26. The molecule has 1 N–H and O–H groups in total. The highest BCUT2D eigenvalue weighted by molar-refractivity contribution is 5.96. The summed E-state index contributed by atoms with van der Waals surface area (Å²) in [6.07, 6.45) is 0. The Balaban J connectivity index is 0.000000758. The summed E-state index contributed by atoms with van der Waals surface area (Å²) in [4.78, 5) is 36.7. The van der Waals surface area contributed by atoms with Crippen molar-refractivity contribution in [1.82, 2.24) is 9.80 Å². The van der Waals surface area contributed by atoms with E-state index in [1.165, 1.54) is 0 Å². The van der Waals surface area contributed by atoms with Crippen molar-refractivity contribution < 1.29 is 19.5 Å². The number of amides is 2. The lowest BCUT2D eigenvalue weighted by molar-refractivity contribution is -0.159. The number of carboxylic acid groups (broad SMARTS) is 1. The number of hydrogen-bond donors (Lipinski definition) is 1. The van der Waals surface area contributed by atoms with Gasteiger partial charge in [0.15, 0.2) is 0 Å². The standard InChI is InChI=1S/C19H22N2O2.CH2O2/c1-12-9-10-15-7-5-6-8-16(15)17(12)11-21-14(3)18(22)20(4)13(2)19(21)23;2-1-3/h5-10,13-14H,11H2,1-4H3;1H,(H,2,3)/t13-,14-;/m0./s1. The first-order valence-electron chi connectivity index (χ1n) is 8.45. The van der Waals surface area contributed by atoms with Crippen LogP contribution in [0, 0.1) is 6.92 Å². The van der Waals surface area contributed by atoms with E-state index >= 15 is 0 Å². The number of carbonyl (C=O) groups excluding carboxylic acids is 2. The minimum Gasteiger partial charge on any atom is -0.483 e. The zero-order valence-corrected chi connectivity index (χ0v) is 15.5. The molecule has 2 aromatic rings. The topological polar surface area (TPSA) is 77.9 Å². The fourth-order valence-corrected chi connectivity index (χ4v) is 3.26. The second-order valence-corrected chi connectivity index (χ2v) is 6.45. The second-order valence-electron chi connectivity index (χ2n) is 6.45. The Hall–Kier alpha value is -2.89. The SMILES string of the molecule is Cc1ccc2ccccc2c1CN1C(=O)[C@H](C)N(C)C(=O)[C@@H]1C.O=CO. The van der Waals surface area contributed by atoms with Crippen molar-refractivity contribution >= 4 is 29.1 Å². The van der Waals surface area contributed by atoms with Crippen LogP contribution in [0.5, 0.6) is 0 Å². The number of benzene rings is 2. The van der Waals surface area contributed by atoms with Crippen LogP contribution in [0.15, 0.2) is 36.4 Å². The van der Waals surface area contributed by atoms with Crippen molar-refractivity contribution in [2.45, 2.75) is 39.4 Å². The molecule has 6 heteroatoms. The van der Waals surface area contributed by atoms with Crippen molar-refractivity contribution in [2.75, 3.05) is 7.05 Å². The van der Waals surface area contributed by atoms with E-state index in [-0.39, 0.29) is 18.3 Å². The van der Waals surface area contributed by atoms with Gasteiger partial charge in [-0.05, 0) is 42.7 Å². The first kappa shape index (κ1) is 19.4. The molecule has 0 spiro atoms. The van der Waals surface area contributed by atoms with Gasteiger partial charge in [-0.1, -0.05) is 36.4 Å². The van der Waals surface area contributed by atoms with Gasteiger partial charge >= 0.3 is 0 Å². The van der Waals surface area contributed by atoms with Crippen molar-refractivity contribution in [3.8, 4) is 0 Å². The third-order valence-corrected chi connectivity index (χ3v) is 5.00. The second kappa shape index (κ2) is 7.99. The molecule has 1 aliphatic rings. The smallest absolute Gasteiger partial charge is 0.290 e. The number of rotatable bonds is 2. The van der Waals surface area contributed by atoms with Crippen LogP contribution in [-0.4, -0.2) is 52.3 Å². The van der Waals surface area contributed by atoms with Gasteiger partial charge in [-0.25, -0.2) is 0 Å². The Morgan fingerprint density at radius 1 is 1.04 bits per heavy atom.